The van der Waals surface area contributed by atoms with Gasteiger partial charge < -0.3 is 20.7 Å². The summed E-state index contributed by atoms with van der Waals surface area (Å²) in [5, 5.41) is 3.42. The van der Waals surface area contributed by atoms with Gasteiger partial charge in [-0.05, 0) is 42.9 Å². The summed E-state index contributed by atoms with van der Waals surface area (Å²) in [5.74, 6) is 1.88. The topological polar surface area (TPSA) is 80.0 Å². The van der Waals surface area contributed by atoms with E-state index in [0.717, 1.165) is 50.6 Å². The van der Waals surface area contributed by atoms with Crippen LogP contribution in [-0.2, 0) is 11.2 Å². The number of primary amides is 1. The molecule has 1 heterocycles. The fraction of sp³-hybridized carbons (Fsp3) is 0.556. The maximum Gasteiger partial charge on any atom is 0.217 e. The molecule has 24 heavy (non-hydrogen) atoms. The van der Waals surface area contributed by atoms with Gasteiger partial charge in [-0.1, -0.05) is 12.1 Å². The zero-order valence-electron chi connectivity index (χ0n) is 14.6. The van der Waals surface area contributed by atoms with E-state index < -0.39 is 0 Å². The van der Waals surface area contributed by atoms with Crippen molar-refractivity contribution in [3.05, 3.63) is 29.8 Å². The maximum atomic E-state index is 11.1. The number of piperidine rings is 1. The first-order chi connectivity index (χ1) is 11.6. The minimum atomic E-state index is -0.218. The van der Waals surface area contributed by atoms with Crippen molar-refractivity contribution in [2.45, 2.75) is 25.7 Å². The number of rotatable bonds is 6. The van der Waals surface area contributed by atoms with Crippen LogP contribution in [0.5, 0.6) is 5.75 Å². The van der Waals surface area contributed by atoms with Crippen molar-refractivity contribution in [2.75, 3.05) is 33.8 Å². The summed E-state index contributed by atoms with van der Waals surface area (Å²) in [7, 11) is 3.47. The Morgan fingerprint density at radius 2 is 2.17 bits per heavy atom. The van der Waals surface area contributed by atoms with Crippen LogP contribution in [0.3, 0.4) is 0 Å². The molecule has 1 aliphatic heterocycles. The van der Waals surface area contributed by atoms with Crippen molar-refractivity contribution in [3.8, 4) is 5.75 Å². The molecular weight excluding hydrogens is 304 g/mol. The predicted molar refractivity (Wildman–Crippen MR) is 96.2 cm³/mol. The Bertz CT molecular complexity index is 557. The molecule has 6 nitrogen and oxygen atoms in total. The molecule has 0 bridgehead atoms. The minimum absolute atomic E-state index is 0.218. The summed E-state index contributed by atoms with van der Waals surface area (Å²) < 4.78 is 5.17. The van der Waals surface area contributed by atoms with Crippen LogP contribution in [0.2, 0.25) is 0 Å². The number of nitrogens with one attached hydrogen (secondary N) is 1. The molecule has 0 spiro atoms. The van der Waals surface area contributed by atoms with Crippen LogP contribution < -0.4 is 15.8 Å². The number of ether oxygens (including phenoxy) is 1. The van der Waals surface area contributed by atoms with Crippen molar-refractivity contribution >= 4 is 11.9 Å². The number of hydrogen-bond acceptors (Lipinski definition) is 3. The number of benzene rings is 1. The average Bonchev–Trinajstić information content (AvgIpc) is 2.59. The SMILES string of the molecule is CN=C(NCCc1ccc(OC)cc1)N1CCCC(CC(N)=O)C1. The summed E-state index contributed by atoms with van der Waals surface area (Å²) in [4.78, 5) is 17.7. The van der Waals surface area contributed by atoms with E-state index in [9.17, 15) is 4.79 Å². The van der Waals surface area contributed by atoms with Crippen molar-refractivity contribution in [3.63, 3.8) is 0 Å². The highest BCUT2D eigenvalue weighted by molar-refractivity contribution is 5.80. The number of aliphatic imine (C=N–C) groups is 1. The number of likely N-dealkylation sites (tertiary alicyclic amines) is 1. The van der Waals surface area contributed by atoms with E-state index >= 15 is 0 Å². The molecule has 0 aliphatic carbocycles. The fourth-order valence-electron chi connectivity index (χ4n) is 3.15. The Balaban J connectivity index is 1.81. The van der Waals surface area contributed by atoms with E-state index in [1.165, 1.54) is 5.56 Å². The largest absolute Gasteiger partial charge is 0.497 e. The second-order valence-corrected chi connectivity index (χ2v) is 6.20. The predicted octanol–water partition coefficient (Wildman–Crippen LogP) is 1.40. The number of carbonyl (C=O) groups excluding carboxylic acids is 1. The Morgan fingerprint density at radius 3 is 2.79 bits per heavy atom. The standard InChI is InChI=1S/C18H28N4O2/c1-20-18(22-11-3-4-15(13-22)12-17(19)23)21-10-9-14-5-7-16(24-2)8-6-14/h5-8,15H,3-4,9-13H2,1-2H3,(H2,19,23)(H,20,21). The summed E-state index contributed by atoms with van der Waals surface area (Å²) >= 11 is 0. The van der Waals surface area contributed by atoms with Crippen molar-refractivity contribution in [1.82, 2.24) is 10.2 Å². The van der Waals surface area contributed by atoms with Crippen molar-refractivity contribution in [2.24, 2.45) is 16.6 Å². The van der Waals surface area contributed by atoms with Crippen LogP contribution in [0.25, 0.3) is 0 Å². The van der Waals surface area contributed by atoms with E-state index in [1.807, 2.05) is 12.1 Å². The Labute approximate surface area is 144 Å². The number of nitrogens with zero attached hydrogens (tertiary/aromatic N) is 2. The molecule has 6 heteroatoms. The van der Waals surface area contributed by atoms with Crippen molar-refractivity contribution in [1.29, 1.82) is 0 Å². The van der Waals surface area contributed by atoms with Gasteiger partial charge in [-0.2, -0.15) is 0 Å². The van der Waals surface area contributed by atoms with Gasteiger partial charge in [-0.25, -0.2) is 0 Å². The number of hydrogen-bond donors (Lipinski definition) is 2. The molecule has 1 saturated heterocycles. The molecule has 1 aromatic rings. The lowest BCUT2D eigenvalue weighted by Gasteiger charge is -2.34. The second kappa shape index (κ2) is 9.15. The van der Waals surface area contributed by atoms with Crippen LogP contribution in [0.15, 0.2) is 29.3 Å². The van der Waals surface area contributed by atoms with Gasteiger partial charge >= 0.3 is 0 Å². The minimum Gasteiger partial charge on any atom is -0.497 e. The van der Waals surface area contributed by atoms with Crippen LogP contribution in [0.4, 0.5) is 0 Å². The molecule has 3 N–H and O–H groups in total. The van der Waals surface area contributed by atoms with E-state index in [-0.39, 0.29) is 5.91 Å². The molecule has 1 amide bonds. The number of methoxy groups -OCH3 is 1. The van der Waals surface area contributed by atoms with Gasteiger partial charge in [0.05, 0.1) is 7.11 Å². The first kappa shape index (κ1) is 18.1. The quantitative estimate of drug-likeness (QED) is 0.609. The zero-order chi connectivity index (χ0) is 17.4. The fourth-order valence-corrected chi connectivity index (χ4v) is 3.15. The van der Waals surface area contributed by atoms with Gasteiger partial charge in [-0.3, -0.25) is 9.79 Å². The second-order valence-electron chi connectivity index (χ2n) is 6.20. The Hall–Kier alpha value is -2.24. The molecular formula is C18H28N4O2. The first-order valence-corrected chi connectivity index (χ1v) is 8.49. The van der Waals surface area contributed by atoms with Crippen LogP contribution in [-0.4, -0.2) is 50.6 Å². The zero-order valence-corrected chi connectivity index (χ0v) is 14.6. The van der Waals surface area contributed by atoms with Crippen LogP contribution in [0, 0.1) is 5.92 Å². The van der Waals surface area contributed by atoms with Gasteiger partial charge in [0, 0.05) is 33.1 Å². The monoisotopic (exact) mass is 332 g/mol. The van der Waals surface area contributed by atoms with E-state index in [1.54, 1.807) is 14.2 Å². The normalized spacial score (nSPS) is 18.3. The number of carbonyl (C=O) groups is 1. The molecule has 1 unspecified atom stereocenters. The molecule has 0 aromatic heterocycles. The highest BCUT2D eigenvalue weighted by Gasteiger charge is 2.23. The van der Waals surface area contributed by atoms with Crippen LogP contribution >= 0.6 is 0 Å². The number of nitrogens with two attached hydrogens (primary N) is 1. The van der Waals surface area contributed by atoms with E-state index in [2.05, 4.69) is 27.3 Å². The number of amides is 1. The van der Waals surface area contributed by atoms with E-state index in [4.69, 9.17) is 10.5 Å². The highest BCUT2D eigenvalue weighted by atomic mass is 16.5. The van der Waals surface area contributed by atoms with Crippen molar-refractivity contribution < 1.29 is 9.53 Å². The van der Waals surface area contributed by atoms with E-state index in [0.29, 0.717) is 12.3 Å². The molecule has 132 valence electrons. The third kappa shape index (κ3) is 5.44. The molecule has 2 rings (SSSR count). The smallest absolute Gasteiger partial charge is 0.217 e. The summed E-state index contributed by atoms with van der Waals surface area (Å²) in [6, 6.07) is 8.10. The third-order valence-electron chi connectivity index (χ3n) is 4.38. The van der Waals surface area contributed by atoms with Gasteiger partial charge in [0.15, 0.2) is 5.96 Å². The van der Waals surface area contributed by atoms with Gasteiger partial charge in [-0.15, -0.1) is 0 Å². The number of guanidine groups is 1. The Morgan fingerprint density at radius 1 is 1.42 bits per heavy atom. The molecule has 0 saturated carbocycles. The molecule has 1 aromatic carbocycles. The van der Waals surface area contributed by atoms with Gasteiger partial charge in [0.1, 0.15) is 5.75 Å². The molecule has 1 fully saturated rings. The lowest BCUT2D eigenvalue weighted by Crippen LogP contribution is -2.47. The third-order valence-corrected chi connectivity index (χ3v) is 4.38. The Kier molecular flexibility index (Phi) is 6.90. The average molecular weight is 332 g/mol. The lowest BCUT2D eigenvalue weighted by atomic mass is 9.95. The summed E-state index contributed by atoms with van der Waals surface area (Å²) in [6.07, 6.45) is 3.50. The van der Waals surface area contributed by atoms with Crippen LogP contribution in [0.1, 0.15) is 24.8 Å². The van der Waals surface area contributed by atoms with Gasteiger partial charge in [0.25, 0.3) is 0 Å². The molecule has 0 radical (unpaired) electrons. The highest BCUT2D eigenvalue weighted by Crippen LogP contribution is 2.19. The summed E-state index contributed by atoms with van der Waals surface area (Å²) in [5.41, 5.74) is 6.58. The molecule has 1 aliphatic rings. The summed E-state index contributed by atoms with van der Waals surface area (Å²) in [6.45, 7) is 2.62. The first-order valence-electron chi connectivity index (χ1n) is 8.49. The lowest BCUT2D eigenvalue weighted by molar-refractivity contribution is -0.119. The molecule has 1 atom stereocenters. The van der Waals surface area contributed by atoms with Gasteiger partial charge in [0.2, 0.25) is 5.91 Å². The maximum absolute atomic E-state index is 11.1.